The number of rotatable bonds is 3. The molecule has 5 nitrogen and oxygen atoms in total. The largest absolute Gasteiger partial charge is 0.469 e. The highest BCUT2D eigenvalue weighted by atomic mass is 32.2. The van der Waals surface area contributed by atoms with Crippen LogP contribution in [0.15, 0.2) is 0 Å². The number of nitrogens with zero attached hydrogens (tertiary/aromatic N) is 1. The molecule has 1 aliphatic rings. The maximum atomic E-state index is 11.5. The van der Waals surface area contributed by atoms with Crippen molar-refractivity contribution in [2.45, 2.75) is 26.3 Å². The third kappa shape index (κ3) is 3.96. The lowest BCUT2D eigenvalue weighted by atomic mass is 10.0. The predicted molar refractivity (Wildman–Crippen MR) is 65.5 cm³/mol. The molecule has 100 valence electrons. The third-order valence-corrected chi connectivity index (χ3v) is 5.18. The van der Waals surface area contributed by atoms with Crippen LogP contribution >= 0.6 is 0 Å². The van der Waals surface area contributed by atoms with Crippen molar-refractivity contribution in [3.63, 3.8) is 0 Å². The first kappa shape index (κ1) is 14.4. The standard InChI is InChI=1S/C11H21NO4S/c1-9(11(13)16-3)10(2)12-5-4-7-17(14,15)8-6-12/h9-10H,4-8H2,1-3H3. The van der Waals surface area contributed by atoms with E-state index in [2.05, 4.69) is 4.90 Å². The summed E-state index contributed by atoms with van der Waals surface area (Å²) in [4.78, 5) is 13.5. The van der Waals surface area contributed by atoms with Crippen molar-refractivity contribution < 1.29 is 17.9 Å². The summed E-state index contributed by atoms with van der Waals surface area (Å²) in [6.07, 6.45) is 0.639. The van der Waals surface area contributed by atoms with Crippen LogP contribution in [0.3, 0.4) is 0 Å². The Morgan fingerprint density at radius 2 is 1.88 bits per heavy atom. The van der Waals surface area contributed by atoms with Gasteiger partial charge in [0.25, 0.3) is 0 Å². The summed E-state index contributed by atoms with van der Waals surface area (Å²) in [7, 11) is -1.52. The van der Waals surface area contributed by atoms with Crippen LogP contribution in [0.4, 0.5) is 0 Å². The fraction of sp³-hybridized carbons (Fsp3) is 0.909. The van der Waals surface area contributed by atoms with Crippen LogP contribution < -0.4 is 0 Å². The van der Waals surface area contributed by atoms with Gasteiger partial charge in [0.05, 0.1) is 24.5 Å². The van der Waals surface area contributed by atoms with Crippen LogP contribution in [0.5, 0.6) is 0 Å². The second-order valence-electron chi connectivity index (χ2n) is 4.59. The summed E-state index contributed by atoms with van der Waals surface area (Å²) in [6, 6.07) is 0.00995. The molecule has 0 aromatic carbocycles. The highest BCUT2D eigenvalue weighted by Crippen LogP contribution is 2.15. The molecule has 1 rings (SSSR count). The Morgan fingerprint density at radius 3 is 2.47 bits per heavy atom. The number of carbonyl (C=O) groups excluding carboxylic acids is 1. The molecule has 0 aromatic heterocycles. The first-order valence-electron chi connectivity index (χ1n) is 5.89. The van der Waals surface area contributed by atoms with E-state index in [1.807, 2.05) is 13.8 Å². The maximum absolute atomic E-state index is 11.5. The van der Waals surface area contributed by atoms with Gasteiger partial charge in [0.1, 0.15) is 0 Å². The number of ether oxygens (including phenoxy) is 1. The lowest BCUT2D eigenvalue weighted by molar-refractivity contribution is -0.147. The van der Waals surface area contributed by atoms with Gasteiger partial charge in [-0.1, -0.05) is 6.92 Å². The average Bonchev–Trinajstić information content (AvgIpc) is 2.47. The smallest absolute Gasteiger partial charge is 0.309 e. The molecule has 1 heterocycles. The molecular formula is C11H21NO4S. The van der Waals surface area contributed by atoms with Gasteiger partial charge < -0.3 is 4.74 Å². The van der Waals surface area contributed by atoms with E-state index < -0.39 is 9.84 Å². The zero-order chi connectivity index (χ0) is 13.1. The number of methoxy groups -OCH3 is 1. The molecule has 1 saturated heterocycles. The predicted octanol–water partition coefficient (Wildman–Crippen LogP) is 0.305. The first-order valence-corrected chi connectivity index (χ1v) is 7.72. The van der Waals surface area contributed by atoms with Crippen LogP contribution in [-0.4, -0.2) is 57.0 Å². The van der Waals surface area contributed by atoms with E-state index in [4.69, 9.17) is 4.74 Å². The zero-order valence-electron chi connectivity index (χ0n) is 10.7. The molecule has 0 bridgehead atoms. The van der Waals surface area contributed by atoms with Gasteiger partial charge in [0.15, 0.2) is 9.84 Å². The Morgan fingerprint density at radius 1 is 1.24 bits per heavy atom. The van der Waals surface area contributed by atoms with E-state index >= 15 is 0 Å². The summed E-state index contributed by atoms with van der Waals surface area (Å²) in [5.41, 5.74) is 0. The molecule has 0 aromatic rings. The number of esters is 1. The summed E-state index contributed by atoms with van der Waals surface area (Å²) in [6.45, 7) is 4.99. The fourth-order valence-electron chi connectivity index (χ4n) is 2.06. The fourth-order valence-corrected chi connectivity index (χ4v) is 3.35. The van der Waals surface area contributed by atoms with Gasteiger partial charge in [-0.15, -0.1) is 0 Å². The molecule has 6 heteroatoms. The minimum absolute atomic E-state index is 0.00995. The van der Waals surface area contributed by atoms with Crippen molar-refractivity contribution in [3.8, 4) is 0 Å². The van der Waals surface area contributed by atoms with Crippen molar-refractivity contribution in [1.82, 2.24) is 4.90 Å². The number of hydrogen-bond donors (Lipinski definition) is 0. The summed E-state index contributed by atoms with van der Waals surface area (Å²) >= 11 is 0. The highest BCUT2D eigenvalue weighted by molar-refractivity contribution is 7.91. The monoisotopic (exact) mass is 263 g/mol. The van der Waals surface area contributed by atoms with E-state index in [1.165, 1.54) is 7.11 Å². The van der Waals surface area contributed by atoms with Crippen LogP contribution in [0.2, 0.25) is 0 Å². The van der Waals surface area contributed by atoms with E-state index in [1.54, 1.807) is 0 Å². The highest BCUT2D eigenvalue weighted by Gasteiger charge is 2.29. The van der Waals surface area contributed by atoms with Gasteiger partial charge in [0.2, 0.25) is 0 Å². The molecule has 1 fully saturated rings. The quantitative estimate of drug-likeness (QED) is 0.685. The SMILES string of the molecule is COC(=O)C(C)C(C)N1CCCS(=O)(=O)CC1. The lowest BCUT2D eigenvalue weighted by Crippen LogP contribution is -2.42. The van der Waals surface area contributed by atoms with Crippen molar-refractivity contribution in [2.24, 2.45) is 5.92 Å². The first-order chi connectivity index (χ1) is 7.87. The molecule has 0 N–H and O–H groups in total. The van der Waals surface area contributed by atoms with Crippen molar-refractivity contribution in [2.75, 3.05) is 31.7 Å². The average molecular weight is 263 g/mol. The number of hydrogen-bond acceptors (Lipinski definition) is 5. The van der Waals surface area contributed by atoms with Gasteiger partial charge in [-0.05, 0) is 19.9 Å². The topological polar surface area (TPSA) is 63.7 Å². The van der Waals surface area contributed by atoms with E-state index in [0.717, 1.165) is 6.54 Å². The second kappa shape index (κ2) is 5.82. The van der Waals surface area contributed by atoms with E-state index in [-0.39, 0.29) is 29.4 Å². The molecule has 0 saturated carbocycles. The van der Waals surface area contributed by atoms with Crippen molar-refractivity contribution in [1.29, 1.82) is 0 Å². The molecule has 0 amide bonds. The van der Waals surface area contributed by atoms with Gasteiger partial charge in [0, 0.05) is 12.6 Å². The van der Waals surface area contributed by atoms with Crippen molar-refractivity contribution >= 4 is 15.8 Å². The Kier molecular flexibility index (Phi) is 4.94. The third-order valence-electron chi connectivity index (χ3n) is 3.46. The summed E-state index contributed by atoms with van der Waals surface area (Å²) < 4.78 is 27.7. The second-order valence-corrected chi connectivity index (χ2v) is 6.90. The van der Waals surface area contributed by atoms with Crippen LogP contribution in [0.1, 0.15) is 20.3 Å². The Balaban J connectivity index is 2.64. The number of sulfone groups is 1. The number of carbonyl (C=O) groups is 1. The van der Waals surface area contributed by atoms with Gasteiger partial charge in [-0.3, -0.25) is 9.69 Å². The molecule has 17 heavy (non-hydrogen) atoms. The molecule has 2 unspecified atom stereocenters. The Labute approximate surface area is 103 Å². The minimum Gasteiger partial charge on any atom is -0.469 e. The van der Waals surface area contributed by atoms with Crippen LogP contribution in [0.25, 0.3) is 0 Å². The minimum atomic E-state index is -2.90. The molecule has 0 aliphatic carbocycles. The van der Waals surface area contributed by atoms with E-state index in [9.17, 15) is 13.2 Å². The Hall–Kier alpha value is -0.620. The maximum Gasteiger partial charge on any atom is 0.309 e. The zero-order valence-corrected chi connectivity index (χ0v) is 11.5. The van der Waals surface area contributed by atoms with E-state index in [0.29, 0.717) is 13.0 Å². The molecular weight excluding hydrogens is 242 g/mol. The molecule has 0 spiro atoms. The van der Waals surface area contributed by atoms with Gasteiger partial charge in [-0.2, -0.15) is 0 Å². The molecule has 1 aliphatic heterocycles. The normalized spacial score (nSPS) is 24.6. The van der Waals surface area contributed by atoms with Gasteiger partial charge >= 0.3 is 5.97 Å². The van der Waals surface area contributed by atoms with Crippen LogP contribution in [0, 0.1) is 5.92 Å². The summed E-state index contributed by atoms with van der Waals surface area (Å²) in [5.74, 6) is -0.0426. The molecule has 0 radical (unpaired) electrons. The molecule has 2 atom stereocenters. The van der Waals surface area contributed by atoms with Crippen molar-refractivity contribution in [3.05, 3.63) is 0 Å². The van der Waals surface area contributed by atoms with Gasteiger partial charge in [-0.25, -0.2) is 8.42 Å². The van der Waals surface area contributed by atoms with Crippen LogP contribution in [-0.2, 0) is 19.4 Å². The Bertz CT molecular complexity index is 366. The lowest BCUT2D eigenvalue weighted by Gasteiger charge is -2.30. The summed E-state index contributed by atoms with van der Waals surface area (Å²) in [5, 5.41) is 0.